The third-order valence-corrected chi connectivity index (χ3v) is 8.00. The molecule has 6 rings (SSSR count). The van der Waals surface area contributed by atoms with Crippen molar-refractivity contribution in [2.75, 3.05) is 12.4 Å². The monoisotopic (exact) mass is 552 g/mol. The van der Waals surface area contributed by atoms with Gasteiger partial charge in [-0.25, -0.2) is 0 Å². The van der Waals surface area contributed by atoms with Crippen molar-refractivity contribution < 1.29 is 9.59 Å². The molecule has 2 N–H and O–H groups in total. The second-order valence-electron chi connectivity index (χ2n) is 9.92. The number of Topliss-reactive ketones (excluding diaryl/α,β-unsaturated/α-hetero) is 1. The Morgan fingerprint density at radius 2 is 1.51 bits per heavy atom. The van der Waals surface area contributed by atoms with Gasteiger partial charge in [0.25, 0.3) is 5.91 Å². The van der Waals surface area contributed by atoms with E-state index >= 15 is 0 Å². The van der Waals surface area contributed by atoms with Gasteiger partial charge in [-0.05, 0) is 101 Å². The first-order valence-corrected chi connectivity index (χ1v) is 13.7. The molecule has 6 heteroatoms. The Labute approximate surface area is 236 Å². The number of benzene rings is 4. The summed E-state index contributed by atoms with van der Waals surface area (Å²) in [5.74, 6) is -0.298. The fraction of sp³-hybridized carbons (Fsp3) is 0.152. The van der Waals surface area contributed by atoms with Crippen LogP contribution in [0.5, 0.6) is 0 Å². The maximum absolute atomic E-state index is 13.7. The zero-order chi connectivity index (χ0) is 27.1. The molecule has 0 radical (unpaired) electrons. The highest BCUT2D eigenvalue weighted by atomic mass is 35.5. The number of carbonyl (C=O) groups excluding carboxylic acids is 2. The van der Waals surface area contributed by atoms with Crippen LogP contribution in [0.25, 0.3) is 11.6 Å². The second-order valence-corrected chi connectivity index (χ2v) is 10.8. The highest BCUT2D eigenvalue weighted by Crippen LogP contribution is 2.28. The number of ketones is 1. The molecule has 2 aliphatic rings. The average Bonchev–Trinajstić information content (AvgIpc) is 2.95. The molecule has 39 heavy (non-hydrogen) atoms. The molecule has 0 fully saturated rings. The van der Waals surface area contributed by atoms with E-state index in [1.54, 1.807) is 42.5 Å². The van der Waals surface area contributed by atoms with Crippen LogP contribution in [0, 0.1) is 10.4 Å². The summed E-state index contributed by atoms with van der Waals surface area (Å²) in [4.78, 5) is 26.4. The number of fused-ring (bicyclic) bond motifs is 4. The Morgan fingerprint density at radius 3 is 2.26 bits per heavy atom. The normalized spacial score (nSPS) is 15.5. The van der Waals surface area contributed by atoms with Gasteiger partial charge in [0.15, 0.2) is 5.78 Å². The number of halogens is 2. The van der Waals surface area contributed by atoms with Gasteiger partial charge in [-0.1, -0.05) is 65.7 Å². The fourth-order valence-corrected chi connectivity index (χ4v) is 6.29. The zero-order valence-electron chi connectivity index (χ0n) is 21.4. The molecule has 0 aliphatic heterocycles. The Bertz CT molecular complexity index is 1840. The molecule has 2 aliphatic carbocycles. The lowest BCUT2D eigenvalue weighted by Gasteiger charge is -2.25. The van der Waals surface area contributed by atoms with Gasteiger partial charge in [0.1, 0.15) is 0 Å². The predicted molar refractivity (Wildman–Crippen MR) is 158 cm³/mol. The van der Waals surface area contributed by atoms with E-state index in [0.29, 0.717) is 26.9 Å². The van der Waals surface area contributed by atoms with Gasteiger partial charge in [-0.2, -0.15) is 0 Å². The summed E-state index contributed by atoms with van der Waals surface area (Å²) in [5.41, 5.74) is 4.93. The van der Waals surface area contributed by atoms with Crippen molar-refractivity contribution in [1.82, 2.24) is 5.32 Å². The summed E-state index contributed by atoms with van der Waals surface area (Å²) >= 11 is 12.1. The van der Waals surface area contributed by atoms with Gasteiger partial charge >= 0.3 is 0 Å². The summed E-state index contributed by atoms with van der Waals surface area (Å²) in [7, 11) is 1.98. The van der Waals surface area contributed by atoms with Crippen LogP contribution in [-0.4, -0.2) is 18.7 Å². The van der Waals surface area contributed by atoms with E-state index in [0.717, 1.165) is 30.1 Å². The van der Waals surface area contributed by atoms with Crippen molar-refractivity contribution in [3.8, 4) is 0 Å². The number of carbonyl (C=O) groups is 2. The van der Waals surface area contributed by atoms with E-state index < -0.39 is 0 Å². The van der Waals surface area contributed by atoms with Crippen LogP contribution in [0.4, 0.5) is 5.69 Å². The standard InChI is InChI=1S/C33H26Cl2N2O2/c1-36-30-17-20-5-2-3-6-25(20)28-14-13-26-27(31(28)30)7-4-8-29(26)32(38)19-9-11-24(12-10-19)37-33(39)21-15-22(34)18-23(35)16-21/h2-3,5-6,9-18,30,36H,4,7-8H2,1H3,(H,37,39). The summed E-state index contributed by atoms with van der Waals surface area (Å²) in [6, 6.07) is 24.6. The molecular weight excluding hydrogens is 527 g/mol. The molecule has 0 saturated carbocycles. The molecule has 4 aromatic carbocycles. The summed E-state index contributed by atoms with van der Waals surface area (Å²) < 4.78 is 0. The Morgan fingerprint density at radius 1 is 0.795 bits per heavy atom. The average molecular weight is 553 g/mol. The summed E-state index contributed by atoms with van der Waals surface area (Å²) in [6.45, 7) is 0. The Balaban J connectivity index is 1.36. The van der Waals surface area contributed by atoms with Crippen LogP contribution in [0.1, 0.15) is 50.7 Å². The van der Waals surface area contributed by atoms with Crippen molar-refractivity contribution in [2.45, 2.75) is 25.3 Å². The van der Waals surface area contributed by atoms with Gasteiger partial charge in [-0.15, -0.1) is 0 Å². The van der Waals surface area contributed by atoms with Crippen LogP contribution in [0.15, 0.2) is 78.9 Å². The zero-order valence-corrected chi connectivity index (χ0v) is 22.9. The number of nitrogens with one attached hydrogen (secondary N) is 2. The minimum absolute atomic E-state index is 0.0246. The first kappa shape index (κ1) is 25.6. The maximum atomic E-state index is 13.7. The van der Waals surface area contributed by atoms with Gasteiger partial charge in [0.2, 0.25) is 0 Å². The third-order valence-electron chi connectivity index (χ3n) is 7.56. The van der Waals surface area contributed by atoms with Crippen molar-refractivity contribution in [1.29, 1.82) is 0 Å². The topological polar surface area (TPSA) is 58.2 Å². The van der Waals surface area contributed by atoms with Crippen LogP contribution >= 0.6 is 23.2 Å². The SMILES string of the molecule is CNC1C=c2ccccc2=c2ccc3c(c21)CCCC=3C(=O)c1ccc(NC(=O)c2cc(Cl)cc(Cl)c2)cc1. The number of amides is 1. The van der Waals surface area contributed by atoms with E-state index in [4.69, 9.17) is 23.2 Å². The van der Waals surface area contributed by atoms with Crippen LogP contribution in [0.3, 0.4) is 0 Å². The first-order valence-electron chi connectivity index (χ1n) is 13.0. The number of anilines is 1. The highest BCUT2D eigenvalue weighted by molar-refractivity contribution is 6.35. The lowest BCUT2D eigenvalue weighted by Crippen LogP contribution is -2.30. The van der Waals surface area contributed by atoms with Gasteiger partial charge in [-0.3, -0.25) is 9.59 Å². The Kier molecular flexibility index (Phi) is 6.86. The van der Waals surface area contributed by atoms with E-state index in [9.17, 15) is 9.59 Å². The fourth-order valence-electron chi connectivity index (χ4n) is 5.76. The van der Waals surface area contributed by atoms with Gasteiger partial charge in [0.05, 0.1) is 6.04 Å². The van der Waals surface area contributed by atoms with E-state index in [1.165, 1.54) is 26.8 Å². The third kappa shape index (κ3) is 4.80. The largest absolute Gasteiger partial charge is 0.322 e. The van der Waals surface area contributed by atoms with Crippen molar-refractivity contribution in [2.24, 2.45) is 0 Å². The van der Waals surface area contributed by atoms with Crippen LogP contribution < -0.4 is 21.1 Å². The molecule has 194 valence electrons. The van der Waals surface area contributed by atoms with E-state index in [2.05, 4.69) is 53.1 Å². The summed E-state index contributed by atoms with van der Waals surface area (Å²) in [6.07, 6.45) is 4.89. The minimum Gasteiger partial charge on any atom is -0.322 e. The lowest BCUT2D eigenvalue weighted by molar-refractivity contribution is 0.102. The number of hydrogen-bond acceptors (Lipinski definition) is 3. The van der Waals surface area contributed by atoms with E-state index in [1.807, 2.05) is 7.05 Å². The molecule has 0 bridgehead atoms. The molecule has 1 unspecified atom stereocenters. The van der Waals surface area contributed by atoms with Crippen molar-refractivity contribution in [3.63, 3.8) is 0 Å². The van der Waals surface area contributed by atoms with Gasteiger partial charge < -0.3 is 10.6 Å². The maximum Gasteiger partial charge on any atom is 0.255 e. The lowest BCUT2D eigenvalue weighted by atomic mass is 9.82. The smallest absolute Gasteiger partial charge is 0.255 e. The Hall–Kier alpha value is -3.70. The molecular formula is C33H26Cl2N2O2. The molecule has 4 aromatic rings. The molecule has 0 spiro atoms. The molecule has 0 saturated heterocycles. The molecule has 4 nitrogen and oxygen atoms in total. The van der Waals surface area contributed by atoms with Crippen LogP contribution in [0.2, 0.25) is 10.0 Å². The number of hydrogen-bond donors (Lipinski definition) is 2. The first-order chi connectivity index (χ1) is 18.9. The molecule has 0 aromatic heterocycles. The number of rotatable bonds is 5. The second kappa shape index (κ2) is 10.5. The summed E-state index contributed by atoms with van der Waals surface area (Å²) in [5, 5.41) is 11.8. The van der Waals surface area contributed by atoms with Crippen molar-refractivity contribution in [3.05, 3.63) is 132 Å². The molecule has 1 amide bonds. The van der Waals surface area contributed by atoms with Crippen LogP contribution in [-0.2, 0) is 6.42 Å². The highest BCUT2D eigenvalue weighted by Gasteiger charge is 2.24. The quantitative estimate of drug-likeness (QED) is 0.300. The predicted octanol–water partition coefficient (Wildman–Crippen LogP) is 5.96. The molecule has 0 heterocycles. The molecule has 1 atom stereocenters. The minimum atomic E-state index is -0.323. The van der Waals surface area contributed by atoms with Gasteiger partial charge in [0, 0.05) is 32.4 Å². The van der Waals surface area contributed by atoms with Crippen molar-refractivity contribution >= 4 is 52.2 Å². The van der Waals surface area contributed by atoms with E-state index in [-0.39, 0.29) is 17.7 Å².